The molecule has 0 unspecified atom stereocenters. The van der Waals surface area contributed by atoms with Crippen molar-refractivity contribution in [2.45, 2.75) is 30.9 Å². The van der Waals surface area contributed by atoms with Gasteiger partial charge in [0.1, 0.15) is 0 Å². The first-order valence-corrected chi connectivity index (χ1v) is 8.16. The Bertz CT molecular complexity index is 411. The molecule has 0 bridgehead atoms. The van der Waals surface area contributed by atoms with Gasteiger partial charge in [0.2, 0.25) is 9.05 Å². The molecule has 0 aromatic heterocycles. The summed E-state index contributed by atoms with van der Waals surface area (Å²) in [7, 11) is 1.93. The number of carboxylic acid groups (broad SMARTS) is 1. The highest BCUT2D eigenvalue weighted by Gasteiger charge is 2.39. The molecule has 1 aliphatic carbocycles. The molecule has 1 saturated heterocycles. The molecule has 3 atom stereocenters. The molecule has 1 amide bonds. The van der Waals surface area contributed by atoms with Gasteiger partial charge in [0.15, 0.2) is 0 Å². The fraction of sp³-hybridized carbons (Fsp3) is 0.900. The van der Waals surface area contributed by atoms with Gasteiger partial charge in [-0.2, -0.15) is 0 Å². The number of halogens is 1. The molecule has 2 fully saturated rings. The average Bonchev–Trinajstić information content (AvgIpc) is 2.26. The van der Waals surface area contributed by atoms with Gasteiger partial charge in [-0.05, 0) is 37.5 Å². The van der Waals surface area contributed by atoms with Crippen LogP contribution in [0.3, 0.4) is 0 Å². The molecule has 0 aromatic carbocycles. The zero-order valence-corrected chi connectivity index (χ0v) is 11.0. The fourth-order valence-corrected chi connectivity index (χ4v) is 4.38. The van der Waals surface area contributed by atoms with Crippen molar-refractivity contribution in [1.29, 1.82) is 0 Å². The minimum Gasteiger partial charge on any atom is -0.465 e. The number of amides is 1. The lowest BCUT2D eigenvalue weighted by molar-refractivity contribution is 0.0783. The van der Waals surface area contributed by atoms with Gasteiger partial charge in [0, 0.05) is 23.8 Å². The Morgan fingerprint density at radius 3 is 2.53 bits per heavy atom. The van der Waals surface area contributed by atoms with E-state index in [0.717, 1.165) is 12.8 Å². The van der Waals surface area contributed by atoms with Crippen molar-refractivity contribution in [1.82, 2.24) is 4.90 Å². The number of nitrogens with zero attached hydrogens (tertiary/aromatic N) is 1. The van der Waals surface area contributed by atoms with Crippen LogP contribution in [0, 0.1) is 11.8 Å². The number of carbonyl (C=O) groups is 1. The third kappa shape index (κ3) is 2.85. The second-order valence-electron chi connectivity index (χ2n) is 4.95. The molecule has 17 heavy (non-hydrogen) atoms. The van der Waals surface area contributed by atoms with Crippen molar-refractivity contribution in [2.24, 2.45) is 11.8 Å². The normalized spacial score (nSPS) is 34.2. The van der Waals surface area contributed by atoms with E-state index in [1.165, 1.54) is 4.90 Å². The Morgan fingerprint density at radius 1 is 1.24 bits per heavy atom. The second kappa shape index (κ2) is 4.65. The van der Waals surface area contributed by atoms with E-state index >= 15 is 0 Å². The molecule has 1 saturated carbocycles. The fourth-order valence-electron chi connectivity index (χ4n) is 3.00. The van der Waals surface area contributed by atoms with Crippen LogP contribution in [0.2, 0.25) is 0 Å². The molecule has 1 aliphatic heterocycles. The molecule has 0 aromatic rings. The highest BCUT2D eigenvalue weighted by molar-refractivity contribution is 8.14. The van der Waals surface area contributed by atoms with E-state index in [4.69, 9.17) is 15.8 Å². The van der Waals surface area contributed by atoms with Crippen molar-refractivity contribution >= 4 is 25.8 Å². The minimum atomic E-state index is -3.46. The first-order chi connectivity index (χ1) is 7.88. The lowest BCUT2D eigenvalue weighted by atomic mass is 9.75. The summed E-state index contributed by atoms with van der Waals surface area (Å²) >= 11 is 0. The monoisotopic (exact) mass is 281 g/mol. The number of hydrogen-bond acceptors (Lipinski definition) is 3. The molecule has 98 valence electrons. The van der Waals surface area contributed by atoms with Crippen molar-refractivity contribution < 1.29 is 18.3 Å². The molecule has 7 heteroatoms. The lowest BCUT2D eigenvalue weighted by Crippen LogP contribution is -2.46. The molecule has 2 aliphatic rings. The van der Waals surface area contributed by atoms with E-state index in [1.54, 1.807) is 0 Å². The minimum absolute atomic E-state index is 0.300. The molecule has 5 nitrogen and oxygen atoms in total. The molecule has 2 rings (SSSR count). The molecule has 1 N–H and O–H groups in total. The number of hydrogen-bond donors (Lipinski definition) is 1. The standard InChI is InChI=1S/C10H16ClNO4S/c11-17(15,16)9-2-1-8-6-12(10(13)14)4-3-7(8)5-9/h7-9H,1-6H2,(H,13,14)/t7-,8-,9+/m1/s1. The van der Waals surface area contributed by atoms with Crippen LogP contribution in [0.4, 0.5) is 4.79 Å². The SMILES string of the molecule is O=C(O)N1CC[C@@H]2C[C@@H](S(=O)(=O)Cl)CC[C@@H]2C1. The summed E-state index contributed by atoms with van der Waals surface area (Å²) in [6, 6.07) is 0. The van der Waals surface area contributed by atoms with Gasteiger partial charge in [-0.15, -0.1) is 0 Å². The van der Waals surface area contributed by atoms with Gasteiger partial charge >= 0.3 is 6.09 Å². The highest BCUT2D eigenvalue weighted by Crippen LogP contribution is 2.39. The second-order valence-corrected chi connectivity index (χ2v) is 7.86. The van der Waals surface area contributed by atoms with Gasteiger partial charge in [-0.3, -0.25) is 0 Å². The Kier molecular flexibility index (Phi) is 3.54. The van der Waals surface area contributed by atoms with Crippen LogP contribution in [-0.4, -0.2) is 42.9 Å². The van der Waals surface area contributed by atoms with Crippen molar-refractivity contribution in [2.75, 3.05) is 13.1 Å². The number of rotatable bonds is 1. The zero-order chi connectivity index (χ0) is 12.6. The van der Waals surface area contributed by atoms with Crippen LogP contribution in [-0.2, 0) is 9.05 Å². The summed E-state index contributed by atoms with van der Waals surface area (Å²) in [6.45, 7) is 1.04. The summed E-state index contributed by atoms with van der Waals surface area (Å²) in [5.74, 6) is 0.604. The zero-order valence-electron chi connectivity index (χ0n) is 9.38. The Morgan fingerprint density at radius 2 is 1.94 bits per heavy atom. The van der Waals surface area contributed by atoms with Gasteiger partial charge in [0.05, 0.1) is 5.25 Å². The number of likely N-dealkylation sites (tertiary alicyclic amines) is 1. The molecule has 0 spiro atoms. The van der Waals surface area contributed by atoms with E-state index in [-0.39, 0.29) is 0 Å². The quantitative estimate of drug-likeness (QED) is 0.743. The van der Waals surface area contributed by atoms with E-state index in [9.17, 15) is 13.2 Å². The van der Waals surface area contributed by atoms with Crippen LogP contribution >= 0.6 is 10.7 Å². The first kappa shape index (κ1) is 13.0. The van der Waals surface area contributed by atoms with Crippen LogP contribution < -0.4 is 0 Å². The van der Waals surface area contributed by atoms with Crippen LogP contribution in [0.25, 0.3) is 0 Å². The van der Waals surface area contributed by atoms with E-state index in [0.29, 0.717) is 37.8 Å². The van der Waals surface area contributed by atoms with E-state index in [2.05, 4.69) is 0 Å². The summed E-state index contributed by atoms with van der Waals surface area (Å²) in [5.41, 5.74) is 0. The number of piperidine rings is 1. The highest BCUT2D eigenvalue weighted by atomic mass is 35.7. The molecule has 0 radical (unpaired) electrons. The summed E-state index contributed by atoms with van der Waals surface area (Å²) in [6.07, 6.45) is 1.77. The van der Waals surface area contributed by atoms with Crippen molar-refractivity contribution in [3.8, 4) is 0 Å². The molecular weight excluding hydrogens is 266 g/mol. The maximum atomic E-state index is 11.3. The predicted molar refractivity (Wildman–Crippen MR) is 63.6 cm³/mol. The van der Waals surface area contributed by atoms with Crippen LogP contribution in [0.15, 0.2) is 0 Å². The third-order valence-electron chi connectivity index (χ3n) is 3.99. The largest absolute Gasteiger partial charge is 0.465 e. The number of fused-ring (bicyclic) bond motifs is 1. The molecule has 1 heterocycles. The van der Waals surface area contributed by atoms with Gasteiger partial charge in [0.25, 0.3) is 0 Å². The first-order valence-electron chi connectivity index (χ1n) is 5.79. The van der Waals surface area contributed by atoms with Gasteiger partial charge in [-0.25, -0.2) is 13.2 Å². The van der Waals surface area contributed by atoms with E-state index in [1.807, 2.05) is 0 Å². The third-order valence-corrected chi connectivity index (χ3v) is 5.97. The topological polar surface area (TPSA) is 74.7 Å². The molecular formula is C10H16ClNO4S. The maximum absolute atomic E-state index is 11.3. The Balaban J connectivity index is 2.00. The van der Waals surface area contributed by atoms with Gasteiger partial charge in [-0.1, -0.05) is 0 Å². The Labute approximate surface area is 105 Å². The predicted octanol–water partition coefficient (Wildman–Crippen LogP) is 1.72. The smallest absolute Gasteiger partial charge is 0.407 e. The maximum Gasteiger partial charge on any atom is 0.407 e. The average molecular weight is 282 g/mol. The van der Waals surface area contributed by atoms with Crippen LogP contribution in [0.5, 0.6) is 0 Å². The van der Waals surface area contributed by atoms with E-state index < -0.39 is 20.4 Å². The van der Waals surface area contributed by atoms with Gasteiger partial charge < -0.3 is 10.0 Å². The summed E-state index contributed by atoms with van der Waals surface area (Å²) in [5, 5.41) is 8.48. The van der Waals surface area contributed by atoms with Crippen molar-refractivity contribution in [3.63, 3.8) is 0 Å². The van der Waals surface area contributed by atoms with Crippen molar-refractivity contribution in [3.05, 3.63) is 0 Å². The van der Waals surface area contributed by atoms with Crippen LogP contribution in [0.1, 0.15) is 25.7 Å². The Hall–Kier alpha value is -0.490. The summed E-state index contributed by atoms with van der Waals surface area (Å²) in [4.78, 5) is 12.3. The lowest BCUT2D eigenvalue weighted by Gasteiger charge is -2.41. The summed E-state index contributed by atoms with van der Waals surface area (Å²) < 4.78 is 22.6.